The summed E-state index contributed by atoms with van der Waals surface area (Å²) in [5.74, 6) is 1.51. The summed E-state index contributed by atoms with van der Waals surface area (Å²) in [6.07, 6.45) is 1.83. The van der Waals surface area contributed by atoms with Crippen molar-refractivity contribution in [1.82, 2.24) is 0 Å². The lowest BCUT2D eigenvalue weighted by molar-refractivity contribution is 0.127. The Hall–Kier alpha value is -0.910. The van der Waals surface area contributed by atoms with Gasteiger partial charge < -0.3 is 15.2 Å². The third-order valence-electron chi connectivity index (χ3n) is 3.54. The van der Waals surface area contributed by atoms with Gasteiger partial charge >= 0.3 is 0 Å². The molecule has 0 bridgehead atoms. The van der Waals surface area contributed by atoms with E-state index in [-0.39, 0.29) is 11.4 Å². The Morgan fingerprint density at radius 3 is 3.05 bits per heavy atom. The van der Waals surface area contributed by atoms with Crippen LogP contribution in [0.3, 0.4) is 0 Å². The molecule has 0 saturated carbocycles. The van der Waals surface area contributed by atoms with E-state index in [1.807, 2.05) is 31.2 Å². The van der Waals surface area contributed by atoms with Crippen LogP contribution in [0.1, 0.15) is 25.3 Å². The Labute approximate surface area is 123 Å². The van der Waals surface area contributed by atoms with Gasteiger partial charge in [0.2, 0.25) is 0 Å². The van der Waals surface area contributed by atoms with Crippen LogP contribution in [0.5, 0.6) is 5.75 Å². The highest BCUT2D eigenvalue weighted by Crippen LogP contribution is 2.19. The molecule has 3 unspecified atom stereocenters. The molecule has 1 aromatic rings. The zero-order chi connectivity index (χ0) is 14.4. The van der Waals surface area contributed by atoms with Crippen molar-refractivity contribution >= 4 is 10.8 Å². The molecule has 5 heteroatoms. The molecule has 2 N–H and O–H groups in total. The Kier molecular flexibility index (Phi) is 6.01. The fourth-order valence-electron chi connectivity index (χ4n) is 2.36. The van der Waals surface area contributed by atoms with E-state index in [0.717, 1.165) is 30.8 Å². The molecule has 0 aromatic heterocycles. The smallest absolute Gasteiger partial charge is 0.119 e. The Balaban J connectivity index is 1.69. The van der Waals surface area contributed by atoms with Crippen LogP contribution in [0, 0.1) is 0 Å². The van der Waals surface area contributed by atoms with E-state index in [0.29, 0.717) is 18.9 Å². The lowest BCUT2D eigenvalue weighted by Crippen LogP contribution is -2.25. The first-order valence-electron chi connectivity index (χ1n) is 7.11. The van der Waals surface area contributed by atoms with E-state index in [4.69, 9.17) is 15.2 Å². The fraction of sp³-hybridized carbons (Fsp3) is 0.600. The van der Waals surface area contributed by atoms with E-state index in [1.165, 1.54) is 0 Å². The maximum Gasteiger partial charge on any atom is 0.119 e. The highest BCUT2D eigenvalue weighted by atomic mass is 32.2. The highest BCUT2D eigenvalue weighted by Gasteiger charge is 2.28. The van der Waals surface area contributed by atoms with Gasteiger partial charge in [-0.1, -0.05) is 12.1 Å². The van der Waals surface area contributed by atoms with Crippen LogP contribution in [-0.4, -0.2) is 34.5 Å². The largest absolute Gasteiger partial charge is 0.494 e. The molecular formula is C15H23NO3S. The first-order chi connectivity index (χ1) is 9.70. The maximum absolute atomic E-state index is 12.1. The van der Waals surface area contributed by atoms with Gasteiger partial charge in [-0.3, -0.25) is 4.21 Å². The van der Waals surface area contributed by atoms with Crippen LogP contribution in [0.2, 0.25) is 0 Å². The molecule has 20 heavy (non-hydrogen) atoms. The molecule has 1 fully saturated rings. The summed E-state index contributed by atoms with van der Waals surface area (Å²) in [6, 6.07) is 7.78. The van der Waals surface area contributed by atoms with E-state index < -0.39 is 10.8 Å². The third-order valence-corrected chi connectivity index (χ3v) is 5.52. The molecule has 1 aliphatic heterocycles. The van der Waals surface area contributed by atoms with Gasteiger partial charge in [0.1, 0.15) is 5.75 Å². The standard InChI is InChI=1S/C15H23NO3S/c1-12-15(6-8-18-12)20(17)9-3-7-19-14-5-2-4-13(10-14)11-16/h2,4-5,10,12,15H,3,6-9,11,16H2,1H3. The molecule has 0 amide bonds. The first kappa shape index (κ1) is 15.5. The Bertz CT molecular complexity index is 452. The van der Waals surface area contributed by atoms with Crippen LogP contribution in [0.25, 0.3) is 0 Å². The molecular weight excluding hydrogens is 274 g/mol. The van der Waals surface area contributed by atoms with Crippen LogP contribution in [0.15, 0.2) is 24.3 Å². The average molecular weight is 297 g/mol. The third kappa shape index (κ3) is 4.30. The second-order valence-electron chi connectivity index (χ2n) is 5.04. The zero-order valence-electron chi connectivity index (χ0n) is 11.9. The van der Waals surface area contributed by atoms with Crippen molar-refractivity contribution in [2.24, 2.45) is 5.73 Å². The van der Waals surface area contributed by atoms with Crippen LogP contribution in [0.4, 0.5) is 0 Å². The lowest BCUT2D eigenvalue weighted by atomic mass is 10.2. The summed E-state index contributed by atoms with van der Waals surface area (Å²) in [7, 11) is -0.814. The monoisotopic (exact) mass is 297 g/mol. The molecule has 112 valence electrons. The highest BCUT2D eigenvalue weighted by molar-refractivity contribution is 7.85. The normalized spacial score (nSPS) is 23.7. The van der Waals surface area contributed by atoms with Gasteiger partial charge in [0.15, 0.2) is 0 Å². The van der Waals surface area contributed by atoms with E-state index >= 15 is 0 Å². The van der Waals surface area contributed by atoms with Gasteiger partial charge in [0.05, 0.1) is 18.0 Å². The SMILES string of the molecule is CC1OCCC1S(=O)CCCOc1cccc(CN)c1. The van der Waals surface area contributed by atoms with Gasteiger partial charge in [0.25, 0.3) is 0 Å². The molecule has 4 nitrogen and oxygen atoms in total. The molecule has 1 saturated heterocycles. The molecule has 1 aromatic carbocycles. The van der Waals surface area contributed by atoms with Crippen molar-refractivity contribution in [1.29, 1.82) is 0 Å². The minimum atomic E-state index is -0.814. The number of benzene rings is 1. The number of hydrogen-bond acceptors (Lipinski definition) is 4. The van der Waals surface area contributed by atoms with Gasteiger partial charge in [0, 0.05) is 29.7 Å². The molecule has 0 radical (unpaired) electrons. The van der Waals surface area contributed by atoms with Crippen molar-refractivity contribution in [2.75, 3.05) is 19.0 Å². The molecule has 3 atom stereocenters. The molecule has 0 spiro atoms. The van der Waals surface area contributed by atoms with Crippen molar-refractivity contribution in [3.63, 3.8) is 0 Å². The number of rotatable bonds is 7. The summed E-state index contributed by atoms with van der Waals surface area (Å²) >= 11 is 0. The summed E-state index contributed by atoms with van der Waals surface area (Å²) in [5.41, 5.74) is 6.65. The minimum absolute atomic E-state index is 0.123. The van der Waals surface area contributed by atoms with Crippen molar-refractivity contribution in [3.8, 4) is 5.75 Å². The molecule has 0 aliphatic carbocycles. The first-order valence-corrected chi connectivity index (χ1v) is 8.49. The van der Waals surface area contributed by atoms with E-state index in [9.17, 15) is 4.21 Å². The van der Waals surface area contributed by atoms with Crippen LogP contribution >= 0.6 is 0 Å². The zero-order valence-corrected chi connectivity index (χ0v) is 12.7. The summed E-state index contributed by atoms with van der Waals surface area (Å²) in [6.45, 7) is 3.84. The quantitative estimate of drug-likeness (QED) is 0.780. The van der Waals surface area contributed by atoms with Crippen LogP contribution in [-0.2, 0) is 22.1 Å². The van der Waals surface area contributed by atoms with Crippen LogP contribution < -0.4 is 10.5 Å². The second kappa shape index (κ2) is 7.76. The maximum atomic E-state index is 12.1. The van der Waals surface area contributed by atoms with Gasteiger partial charge in [-0.2, -0.15) is 0 Å². The predicted octanol–water partition coefficient (Wildman–Crippen LogP) is 1.84. The Morgan fingerprint density at radius 1 is 1.50 bits per heavy atom. The van der Waals surface area contributed by atoms with Crippen molar-refractivity contribution in [3.05, 3.63) is 29.8 Å². The van der Waals surface area contributed by atoms with Gasteiger partial charge in [-0.25, -0.2) is 0 Å². The lowest BCUT2D eigenvalue weighted by Gasteiger charge is -2.13. The van der Waals surface area contributed by atoms with Crippen molar-refractivity contribution in [2.45, 2.75) is 37.7 Å². The molecule has 2 rings (SSSR count). The fourth-order valence-corrected chi connectivity index (χ4v) is 3.93. The minimum Gasteiger partial charge on any atom is -0.494 e. The van der Waals surface area contributed by atoms with Gasteiger partial charge in [-0.15, -0.1) is 0 Å². The van der Waals surface area contributed by atoms with Crippen molar-refractivity contribution < 1.29 is 13.7 Å². The summed E-state index contributed by atoms with van der Waals surface area (Å²) in [4.78, 5) is 0. The Morgan fingerprint density at radius 2 is 2.35 bits per heavy atom. The summed E-state index contributed by atoms with van der Waals surface area (Å²) < 4.78 is 23.2. The number of hydrogen-bond donors (Lipinski definition) is 1. The second-order valence-corrected chi connectivity index (χ2v) is 6.82. The van der Waals surface area contributed by atoms with Gasteiger partial charge in [-0.05, 0) is 37.5 Å². The topological polar surface area (TPSA) is 61.5 Å². The molecule has 1 aliphatic rings. The molecule has 1 heterocycles. The van der Waals surface area contributed by atoms with E-state index in [2.05, 4.69) is 0 Å². The van der Waals surface area contributed by atoms with E-state index in [1.54, 1.807) is 0 Å². The summed E-state index contributed by atoms with van der Waals surface area (Å²) in [5, 5.41) is 0.190. The average Bonchev–Trinajstić information content (AvgIpc) is 2.90. The number of ether oxygens (including phenoxy) is 2. The number of nitrogens with two attached hydrogens (primary N) is 1. The predicted molar refractivity (Wildman–Crippen MR) is 81.3 cm³/mol.